The number of para-hydroxylation sites is 2. The van der Waals surface area contributed by atoms with Gasteiger partial charge in [0, 0.05) is 35.6 Å². The molecular weight excluding hydrogens is 445 g/mol. The Hall–Kier alpha value is -2.99. The van der Waals surface area contributed by atoms with Gasteiger partial charge in [-0.1, -0.05) is 46.3 Å². The Morgan fingerprint density at radius 3 is 2.63 bits per heavy atom. The Labute approximate surface area is 182 Å². The van der Waals surface area contributed by atoms with E-state index >= 15 is 0 Å². The van der Waals surface area contributed by atoms with Gasteiger partial charge in [0.15, 0.2) is 0 Å². The molecule has 0 spiro atoms. The van der Waals surface area contributed by atoms with Gasteiger partial charge < -0.3 is 9.47 Å². The zero-order chi connectivity index (χ0) is 20.7. The predicted octanol–water partition coefficient (Wildman–Crippen LogP) is 5.51. The molecule has 30 heavy (non-hydrogen) atoms. The summed E-state index contributed by atoms with van der Waals surface area (Å²) < 4.78 is 16.9. The molecule has 1 saturated heterocycles. The minimum Gasteiger partial charge on any atom is -0.323 e. The van der Waals surface area contributed by atoms with Crippen LogP contribution in [0.3, 0.4) is 0 Å². The Bertz CT molecular complexity index is 1230. The number of fused-ring (bicyclic) bond motifs is 1. The van der Waals surface area contributed by atoms with Crippen LogP contribution in [0.15, 0.2) is 77.3 Å². The minimum absolute atomic E-state index is 0.00662. The summed E-state index contributed by atoms with van der Waals surface area (Å²) in [4.78, 5) is 19.3. The number of hydrogen-bond acceptors (Lipinski definition) is 2. The second kappa shape index (κ2) is 7.69. The monoisotopic (exact) mass is 463 g/mol. The summed E-state index contributed by atoms with van der Waals surface area (Å²) >= 11 is 3.48. The normalized spacial score (nSPS) is 16.5. The number of hydrogen-bond donors (Lipinski definition) is 0. The fourth-order valence-corrected chi connectivity index (χ4v) is 4.38. The maximum atomic E-state index is 13.7. The molecule has 0 radical (unpaired) electrons. The number of carbonyl (C=O) groups excluding carboxylic acids is 1. The molecule has 1 aliphatic rings. The van der Waals surface area contributed by atoms with Crippen LogP contribution >= 0.6 is 15.9 Å². The van der Waals surface area contributed by atoms with E-state index in [2.05, 4.69) is 38.7 Å². The van der Waals surface area contributed by atoms with Gasteiger partial charge in [0.05, 0.1) is 11.0 Å². The molecule has 5 rings (SSSR count). The lowest BCUT2D eigenvalue weighted by Crippen LogP contribution is -2.24. The first-order valence-corrected chi connectivity index (χ1v) is 10.6. The molecule has 3 aromatic carbocycles. The van der Waals surface area contributed by atoms with Crippen LogP contribution in [0.4, 0.5) is 10.1 Å². The second-order valence-electron chi connectivity index (χ2n) is 7.56. The van der Waals surface area contributed by atoms with Crippen molar-refractivity contribution in [2.24, 2.45) is 0 Å². The number of aromatic nitrogens is 2. The highest BCUT2D eigenvalue weighted by Gasteiger charge is 2.35. The highest BCUT2D eigenvalue weighted by atomic mass is 79.9. The summed E-state index contributed by atoms with van der Waals surface area (Å²) in [5, 5.41) is 0. The number of amides is 1. The molecule has 0 saturated carbocycles. The van der Waals surface area contributed by atoms with Crippen molar-refractivity contribution in [1.82, 2.24) is 9.55 Å². The highest BCUT2D eigenvalue weighted by molar-refractivity contribution is 9.10. The van der Waals surface area contributed by atoms with E-state index in [1.165, 1.54) is 12.1 Å². The number of carbonyl (C=O) groups is 1. The third kappa shape index (κ3) is 3.52. The maximum Gasteiger partial charge on any atom is 0.227 e. The highest BCUT2D eigenvalue weighted by Crippen LogP contribution is 2.33. The number of imidazole rings is 1. The molecular formula is C24H19BrFN3O. The van der Waals surface area contributed by atoms with Gasteiger partial charge in [-0.05, 0) is 48.0 Å². The van der Waals surface area contributed by atoms with E-state index in [9.17, 15) is 9.18 Å². The first-order chi connectivity index (χ1) is 14.6. The maximum absolute atomic E-state index is 13.7. The second-order valence-corrected chi connectivity index (χ2v) is 8.47. The van der Waals surface area contributed by atoms with Gasteiger partial charge in [-0.3, -0.25) is 4.79 Å². The molecule has 150 valence electrons. The largest absolute Gasteiger partial charge is 0.323 e. The van der Waals surface area contributed by atoms with E-state index in [1.807, 2.05) is 30.3 Å². The molecule has 1 atom stereocenters. The zero-order valence-electron chi connectivity index (χ0n) is 16.1. The lowest BCUT2D eigenvalue weighted by Gasteiger charge is -2.17. The van der Waals surface area contributed by atoms with Crippen LogP contribution in [0, 0.1) is 5.82 Å². The van der Waals surface area contributed by atoms with E-state index < -0.39 is 0 Å². The van der Waals surface area contributed by atoms with Crippen molar-refractivity contribution in [3.63, 3.8) is 0 Å². The summed E-state index contributed by atoms with van der Waals surface area (Å²) in [6.45, 7) is 1.17. The van der Waals surface area contributed by atoms with Crippen molar-refractivity contribution in [2.45, 2.75) is 18.9 Å². The summed E-state index contributed by atoms with van der Waals surface area (Å²) in [6.07, 6.45) is 0.361. The van der Waals surface area contributed by atoms with Crippen molar-refractivity contribution >= 4 is 38.6 Å². The molecule has 0 bridgehead atoms. The average Bonchev–Trinajstić information content (AvgIpc) is 3.30. The lowest BCUT2D eigenvalue weighted by atomic mass is 10.1. The van der Waals surface area contributed by atoms with Crippen LogP contribution < -0.4 is 4.90 Å². The van der Waals surface area contributed by atoms with Crippen LogP contribution in [0.25, 0.3) is 11.0 Å². The van der Waals surface area contributed by atoms with Crippen molar-refractivity contribution in [2.75, 3.05) is 11.4 Å². The molecule has 1 fully saturated rings. The molecule has 1 amide bonds. The summed E-state index contributed by atoms with van der Waals surface area (Å²) in [7, 11) is 0. The van der Waals surface area contributed by atoms with Gasteiger partial charge in [-0.25, -0.2) is 9.37 Å². The zero-order valence-corrected chi connectivity index (χ0v) is 17.7. The molecule has 0 aliphatic carbocycles. The third-order valence-corrected chi connectivity index (χ3v) is 6.08. The fourth-order valence-electron chi connectivity index (χ4n) is 4.12. The Kier molecular flexibility index (Phi) is 4.87. The van der Waals surface area contributed by atoms with E-state index in [0.717, 1.165) is 26.9 Å². The SMILES string of the molecule is O=C1CC(c2nc3ccccc3n2Cc2ccc(Br)cc2)CN1c1cccc(F)c1. The molecule has 6 heteroatoms. The molecule has 1 aliphatic heterocycles. The summed E-state index contributed by atoms with van der Waals surface area (Å²) in [5.41, 5.74) is 3.72. The van der Waals surface area contributed by atoms with Gasteiger partial charge in [0.25, 0.3) is 0 Å². The van der Waals surface area contributed by atoms with Crippen LogP contribution in [-0.2, 0) is 11.3 Å². The van der Waals surface area contributed by atoms with Crippen molar-refractivity contribution in [3.8, 4) is 0 Å². The predicted molar refractivity (Wildman–Crippen MR) is 119 cm³/mol. The van der Waals surface area contributed by atoms with Crippen molar-refractivity contribution < 1.29 is 9.18 Å². The smallest absolute Gasteiger partial charge is 0.227 e. The number of benzene rings is 3. The number of rotatable bonds is 4. The quantitative estimate of drug-likeness (QED) is 0.400. The van der Waals surface area contributed by atoms with Crippen LogP contribution in [0.1, 0.15) is 23.7 Å². The molecule has 0 N–H and O–H groups in total. The van der Waals surface area contributed by atoms with Gasteiger partial charge in [-0.2, -0.15) is 0 Å². The van der Waals surface area contributed by atoms with E-state index in [1.54, 1.807) is 17.0 Å². The Balaban J connectivity index is 1.52. The molecule has 1 unspecified atom stereocenters. The van der Waals surface area contributed by atoms with Crippen molar-refractivity contribution in [3.05, 3.63) is 94.5 Å². The topological polar surface area (TPSA) is 38.1 Å². The fraction of sp³-hybridized carbons (Fsp3) is 0.167. The molecule has 1 aromatic heterocycles. The number of nitrogens with zero attached hydrogens (tertiary/aromatic N) is 3. The first-order valence-electron chi connectivity index (χ1n) is 9.84. The van der Waals surface area contributed by atoms with Crippen LogP contribution in [-0.4, -0.2) is 22.0 Å². The lowest BCUT2D eigenvalue weighted by molar-refractivity contribution is -0.117. The first kappa shape index (κ1) is 19.0. The van der Waals surface area contributed by atoms with E-state index in [0.29, 0.717) is 25.2 Å². The minimum atomic E-state index is -0.341. The molecule has 4 aromatic rings. The van der Waals surface area contributed by atoms with Crippen LogP contribution in [0.5, 0.6) is 0 Å². The van der Waals surface area contributed by atoms with Crippen molar-refractivity contribution in [1.29, 1.82) is 0 Å². The molecule has 4 nitrogen and oxygen atoms in total. The third-order valence-electron chi connectivity index (χ3n) is 5.55. The van der Waals surface area contributed by atoms with E-state index in [4.69, 9.17) is 4.98 Å². The van der Waals surface area contributed by atoms with Crippen LogP contribution in [0.2, 0.25) is 0 Å². The summed E-state index contributed by atoms with van der Waals surface area (Å²) in [6, 6.07) is 22.5. The standard InChI is InChI=1S/C24H19BrFN3O/c25-18-10-8-16(9-11-18)14-29-22-7-2-1-6-21(22)27-24(29)17-12-23(30)28(15-17)20-5-3-4-19(26)13-20/h1-11,13,17H,12,14-15H2. The Morgan fingerprint density at radius 1 is 1.03 bits per heavy atom. The van der Waals surface area contributed by atoms with E-state index in [-0.39, 0.29) is 17.6 Å². The average molecular weight is 464 g/mol. The van der Waals surface area contributed by atoms with Gasteiger partial charge in [0.1, 0.15) is 11.6 Å². The van der Waals surface area contributed by atoms with Gasteiger partial charge in [-0.15, -0.1) is 0 Å². The molecule has 2 heterocycles. The Morgan fingerprint density at radius 2 is 1.83 bits per heavy atom. The van der Waals surface area contributed by atoms with Gasteiger partial charge in [0.2, 0.25) is 5.91 Å². The summed E-state index contributed by atoms with van der Waals surface area (Å²) in [5.74, 6) is 0.495. The number of anilines is 1. The number of halogens is 2. The van der Waals surface area contributed by atoms with Gasteiger partial charge >= 0.3 is 0 Å².